The topological polar surface area (TPSA) is 94.0 Å². The Morgan fingerprint density at radius 2 is 1.61 bits per heavy atom. The molecule has 8 heteroatoms. The number of carbonyl (C=O) groups excluding carboxylic acids is 2. The molecule has 0 bridgehead atoms. The summed E-state index contributed by atoms with van der Waals surface area (Å²) < 4.78 is 0. The fraction of sp³-hybridized carbons (Fsp3) is 0.107. The van der Waals surface area contributed by atoms with Crippen molar-refractivity contribution in [3.63, 3.8) is 0 Å². The molecule has 3 N–H and O–H groups in total. The fourth-order valence-corrected chi connectivity index (χ4v) is 4.99. The van der Waals surface area contributed by atoms with Gasteiger partial charge in [0.05, 0.1) is 39.1 Å². The van der Waals surface area contributed by atoms with Crippen LogP contribution in [0, 0.1) is 11.3 Å². The molecule has 36 heavy (non-hydrogen) atoms. The van der Waals surface area contributed by atoms with Crippen LogP contribution in [0.25, 0.3) is 0 Å². The van der Waals surface area contributed by atoms with Crippen molar-refractivity contribution in [3.8, 4) is 6.07 Å². The van der Waals surface area contributed by atoms with Crippen LogP contribution >= 0.6 is 23.4 Å². The lowest BCUT2D eigenvalue weighted by atomic mass is 9.82. The molecule has 3 aromatic rings. The average Bonchev–Trinajstić information content (AvgIpc) is 2.89. The first-order valence-corrected chi connectivity index (χ1v) is 12.5. The van der Waals surface area contributed by atoms with Gasteiger partial charge in [0, 0.05) is 17.0 Å². The highest BCUT2D eigenvalue weighted by Gasteiger charge is 2.34. The number of anilines is 2. The molecule has 0 aromatic heterocycles. The first-order valence-electron chi connectivity index (χ1n) is 11.2. The number of rotatable bonds is 7. The molecule has 1 unspecified atom stereocenters. The number of dihydropyridines is 1. The van der Waals surface area contributed by atoms with Crippen LogP contribution in [0.4, 0.5) is 11.4 Å². The summed E-state index contributed by atoms with van der Waals surface area (Å²) in [4.78, 5) is 26.0. The van der Waals surface area contributed by atoms with E-state index in [0.29, 0.717) is 38.3 Å². The Morgan fingerprint density at radius 1 is 0.972 bits per heavy atom. The molecule has 3 aromatic carbocycles. The van der Waals surface area contributed by atoms with Crippen LogP contribution in [0.3, 0.4) is 0 Å². The van der Waals surface area contributed by atoms with Crippen LogP contribution in [0.1, 0.15) is 18.4 Å². The van der Waals surface area contributed by atoms with Gasteiger partial charge in [0.25, 0.3) is 5.91 Å². The number of nitrogens with one attached hydrogen (secondary N) is 3. The van der Waals surface area contributed by atoms with Gasteiger partial charge in [-0.25, -0.2) is 0 Å². The lowest BCUT2D eigenvalue weighted by molar-refractivity contribution is -0.114. The Bertz CT molecular complexity index is 1380. The number of thioether (sulfide) groups is 1. The average molecular weight is 515 g/mol. The normalized spacial score (nSPS) is 15.1. The summed E-state index contributed by atoms with van der Waals surface area (Å²) in [6.07, 6.45) is 0. The second kappa shape index (κ2) is 11.6. The molecular formula is C28H23ClN4O2S. The predicted molar refractivity (Wildman–Crippen MR) is 145 cm³/mol. The van der Waals surface area contributed by atoms with Crippen molar-refractivity contribution in [1.82, 2.24) is 5.32 Å². The number of nitrogens with zero attached hydrogens (tertiary/aromatic N) is 1. The SMILES string of the molecule is CC1=C(C(=O)Nc2ccccc2)C(c2ccccc2)C(C#N)=C(SCC(=O)Nc2ccccc2Cl)N1. The van der Waals surface area contributed by atoms with Crippen LogP contribution in [-0.4, -0.2) is 17.6 Å². The minimum Gasteiger partial charge on any atom is -0.353 e. The number of halogens is 1. The number of para-hydroxylation sites is 2. The second-order valence-electron chi connectivity index (χ2n) is 8.00. The Morgan fingerprint density at radius 3 is 2.28 bits per heavy atom. The van der Waals surface area contributed by atoms with Crippen LogP contribution in [0.15, 0.2) is 107 Å². The quantitative estimate of drug-likeness (QED) is 0.357. The number of nitriles is 1. The van der Waals surface area contributed by atoms with E-state index in [4.69, 9.17) is 11.6 Å². The molecule has 0 spiro atoms. The molecule has 180 valence electrons. The van der Waals surface area contributed by atoms with Gasteiger partial charge < -0.3 is 16.0 Å². The third-order valence-corrected chi connectivity index (χ3v) is 6.90. The number of carbonyl (C=O) groups is 2. The van der Waals surface area contributed by atoms with Gasteiger partial charge >= 0.3 is 0 Å². The lowest BCUT2D eigenvalue weighted by Gasteiger charge is -2.30. The number of hydrogen-bond acceptors (Lipinski definition) is 5. The maximum absolute atomic E-state index is 13.4. The van der Waals surface area contributed by atoms with Crippen molar-refractivity contribution >= 4 is 46.6 Å². The molecule has 1 aliphatic rings. The van der Waals surface area contributed by atoms with Crippen LogP contribution in [0.5, 0.6) is 0 Å². The lowest BCUT2D eigenvalue weighted by Crippen LogP contribution is -2.31. The van der Waals surface area contributed by atoms with Gasteiger partial charge in [-0.2, -0.15) is 5.26 Å². The van der Waals surface area contributed by atoms with E-state index >= 15 is 0 Å². The fourth-order valence-electron chi connectivity index (χ4n) is 3.91. The van der Waals surface area contributed by atoms with E-state index in [-0.39, 0.29) is 17.6 Å². The monoisotopic (exact) mass is 514 g/mol. The van der Waals surface area contributed by atoms with Crippen molar-refractivity contribution in [3.05, 3.63) is 117 Å². The van der Waals surface area contributed by atoms with Crippen molar-refractivity contribution in [2.45, 2.75) is 12.8 Å². The highest BCUT2D eigenvalue weighted by atomic mass is 35.5. The summed E-state index contributed by atoms with van der Waals surface area (Å²) in [5, 5.41) is 20.1. The van der Waals surface area contributed by atoms with Gasteiger partial charge in [0.1, 0.15) is 0 Å². The molecule has 4 rings (SSSR count). The maximum atomic E-state index is 13.4. The summed E-state index contributed by atoms with van der Waals surface area (Å²) in [6.45, 7) is 1.80. The molecule has 6 nitrogen and oxygen atoms in total. The molecule has 0 radical (unpaired) electrons. The highest BCUT2D eigenvalue weighted by Crippen LogP contribution is 2.41. The Kier molecular flexibility index (Phi) is 8.11. The highest BCUT2D eigenvalue weighted by molar-refractivity contribution is 8.03. The predicted octanol–water partition coefficient (Wildman–Crippen LogP) is 6.05. The zero-order valence-electron chi connectivity index (χ0n) is 19.4. The summed E-state index contributed by atoms with van der Waals surface area (Å²) >= 11 is 7.35. The molecule has 2 amide bonds. The third kappa shape index (κ3) is 5.80. The zero-order chi connectivity index (χ0) is 25.5. The first kappa shape index (κ1) is 25.1. The molecule has 1 heterocycles. The van der Waals surface area contributed by atoms with Gasteiger partial charge in [0.15, 0.2) is 0 Å². The molecular weight excluding hydrogens is 492 g/mol. The zero-order valence-corrected chi connectivity index (χ0v) is 21.0. The summed E-state index contributed by atoms with van der Waals surface area (Å²) in [7, 11) is 0. The molecule has 0 saturated heterocycles. The van der Waals surface area contributed by atoms with Gasteiger partial charge in [-0.05, 0) is 36.8 Å². The Hall–Kier alpha value is -3.99. The number of amides is 2. The van der Waals surface area contributed by atoms with E-state index in [9.17, 15) is 14.9 Å². The van der Waals surface area contributed by atoms with E-state index in [2.05, 4.69) is 22.0 Å². The van der Waals surface area contributed by atoms with Gasteiger partial charge in [-0.3, -0.25) is 9.59 Å². The standard InChI is InChI=1S/C28H23ClN4O2S/c1-18-25(27(35)32-20-12-6-3-7-13-20)26(19-10-4-2-5-11-19)21(16-30)28(31-18)36-17-24(34)33-23-15-9-8-14-22(23)29/h2-15,26,31H,17H2,1H3,(H,32,35)(H,33,34). The van der Waals surface area contributed by atoms with Crippen molar-refractivity contribution in [1.29, 1.82) is 5.26 Å². The second-order valence-corrected chi connectivity index (χ2v) is 9.39. The van der Waals surface area contributed by atoms with E-state index in [1.54, 1.807) is 31.2 Å². The van der Waals surface area contributed by atoms with Crippen molar-refractivity contribution < 1.29 is 9.59 Å². The minimum atomic E-state index is -0.588. The number of hydrogen-bond donors (Lipinski definition) is 3. The summed E-state index contributed by atoms with van der Waals surface area (Å²) in [6, 6.07) is 27.9. The van der Waals surface area contributed by atoms with Gasteiger partial charge in [0.2, 0.25) is 5.91 Å². The third-order valence-electron chi connectivity index (χ3n) is 5.55. The van der Waals surface area contributed by atoms with Crippen LogP contribution in [0.2, 0.25) is 5.02 Å². The van der Waals surface area contributed by atoms with Crippen LogP contribution < -0.4 is 16.0 Å². The smallest absolute Gasteiger partial charge is 0.254 e. The van der Waals surface area contributed by atoms with Crippen LogP contribution in [-0.2, 0) is 9.59 Å². The number of benzene rings is 3. The Labute approximate surface area is 219 Å². The molecule has 0 saturated carbocycles. The maximum Gasteiger partial charge on any atom is 0.254 e. The van der Waals surface area contributed by atoms with E-state index in [1.807, 2.05) is 60.7 Å². The van der Waals surface area contributed by atoms with Gasteiger partial charge in [-0.15, -0.1) is 0 Å². The molecule has 0 fully saturated rings. The van der Waals surface area contributed by atoms with E-state index < -0.39 is 5.92 Å². The summed E-state index contributed by atoms with van der Waals surface area (Å²) in [5.74, 6) is -1.09. The number of allylic oxidation sites excluding steroid dienone is 2. The summed E-state index contributed by atoms with van der Waals surface area (Å²) in [5.41, 5.74) is 3.44. The molecule has 0 aliphatic carbocycles. The minimum absolute atomic E-state index is 0.0546. The molecule has 1 aliphatic heterocycles. The first-order chi connectivity index (χ1) is 17.5. The van der Waals surface area contributed by atoms with Crippen molar-refractivity contribution in [2.75, 3.05) is 16.4 Å². The van der Waals surface area contributed by atoms with Gasteiger partial charge in [-0.1, -0.05) is 84.0 Å². The van der Waals surface area contributed by atoms with E-state index in [1.165, 1.54) is 11.8 Å². The Balaban J connectivity index is 1.61. The van der Waals surface area contributed by atoms with Crippen molar-refractivity contribution in [2.24, 2.45) is 0 Å². The van der Waals surface area contributed by atoms with E-state index in [0.717, 1.165) is 5.56 Å². The molecule has 1 atom stereocenters. The largest absolute Gasteiger partial charge is 0.353 e.